The molecule has 3 nitrogen and oxygen atoms in total. The first-order valence-electron chi connectivity index (χ1n) is 5.43. The first kappa shape index (κ1) is 9.97. The topological polar surface area (TPSA) is 32.3 Å². The lowest BCUT2D eigenvalue weighted by molar-refractivity contribution is -0.120. The van der Waals surface area contributed by atoms with Crippen molar-refractivity contribution >= 4 is 28.9 Å². The molecule has 4 heteroatoms. The maximum atomic E-state index is 12.0. The van der Waals surface area contributed by atoms with Crippen molar-refractivity contribution in [2.45, 2.75) is 12.8 Å². The molecule has 1 fully saturated rings. The minimum absolute atomic E-state index is 0.139. The Balaban J connectivity index is 2.10. The van der Waals surface area contributed by atoms with Gasteiger partial charge in [-0.05, 0) is 25.0 Å². The molecule has 1 aromatic rings. The molecule has 0 radical (unpaired) electrons. The van der Waals surface area contributed by atoms with Crippen molar-refractivity contribution in [2.75, 3.05) is 23.8 Å². The second kappa shape index (κ2) is 3.14. The molecule has 0 unspecified atom stereocenters. The van der Waals surface area contributed by atoms with Crippen LogP contribution in [0.15, 0.2) is 18.2 Å². The van der Waals surface area contributed by atoms with E-state index in [4.69, 9.17) is 11.6 Å². The first-order chi connectivity index (χ1) is 7.62. The van der Waals surface area contributed by atoms with Crippen molar-refractivity contribution < 1.29 is 4.79 Å². The van der Waals surface area contributed by atoms with Gasteiger partial charge in [0.15, 0.2) is 0 Å². The first-order valence-corrected chi connectivity index (χ1v) is 5.81. The third-order valence-corrected chi connectivity index (χ3v) is 3.80. The van der Waals surface area contributed by atoms with E-state index >= 15 is 0 Å². The van der Waals surface area contributed by atoms with Crippen molar-refractivity contribution in [3.05, 3.63) is 23.2 Å². The summed E-state index contributed by atoms with van der Waals surface area (Å²) in [7, 11) is 1.99. The SMILES string of the molecule is CN1CC2(CC2)C(=O)Nc2cccc(Cl)c21. The number of anilines is 2. The van der Waals surface area contributed by atoms with E-state index in [2.05, 4.69) is 10.2 Å². The average molecular weight is 237 g/mol. The number of hydrogen-bond donors (Lipinski definition) is 1. The Hall–Kier alpha value is -1.22. The van der Waals surface area contributed by atoms with Crippen LogP contribution in [-0.4, -0.2) is 19.5 Å². The largest absolute Gasteiger partial charge is 0.371 e. The monoisotopic (exact) mass is 236 g/mol. The molecule has 0 atom stereocenters. The summed E-state index contributed by atoms with van der Waals surface area (Å²) < 4.78 is 0. The summed E-state index contributed by atoms with van der Waals surface area (Å²) in [5.74, 6) is 0.139. The third-order valence-electron chi connectivity index (χ3n) is 3.49. The van der Waals surface area contributed by atoms with Gasteiger partial charge in [0.2, 0.25) is 5.91 Å². The zero-order valence-corrected chi connectivity index (χ0v) is 9.84. The Bertz CT molecular complexity index is 468. The Labute approximate surface area is 99.4 Å². The van der Waals surface area contributed by atoms with Crippen molar-refractivity contribution in [1.29, 1.82) is 0 Å². The lowest BCUT2D eigenvalue weighted by Crippen LogP contribution is -2.31. The predicted octanol–water partition coefficient (Wildman–Crippen LogP) is 2.51. The van der Waals surface area contributed by atoms with E-state index in [1.807, 2.05) is 25.2 Å². The van der Waals surface area contributed by atoms with Crippen molar-refractivity contribution in [3.63, 3.8) is 0 Å². The maximum absolute atomic E-state index is 12.0. The van der Waals surface area contributed by atoms with Gasteiger partial charge in [0.25, 0.3) is 0 Å². The number of halogens is 1. The molecule has 1 heterocycles. The Morgan fingerprint density at radius 2 is 2.19 bits per heavy atom. The van der Waals surface area contributed by atoms with Gasteiger partial charge >= 0.3 is 0 Å². The van der Waals surface area contributed by atoms with E-state index in [0.29, 0.717) is 5.02 Å². The van der Waals surface area contributed by atoms with E-state index in [1.165, 1.54) is 0 Å². The van der Waals surface area contributed by atoms with E-state index in [0.717, 1.165) is 30.8 Å². The van der Waals surface area contributed by atoms with Gasteiger partial charge in [-0.2, -0.15) is 0 Å². The zero-order valence-electron chi connectivity index (χ0n) is 9.09. The molecule has 0 bridgehead atoms. The normalized spacial score (nSPS) is 21.4. The molecule has 1 amide bonds. The fraction of sp³-hybridized carbons (Fsp3) is 0.417. The van der Waals surface area contributed by atoms with Crippen LogP contribution in [0.3, 0.4) is 0 Å². The lowest BCUT2D eigenvalue weighted by atomic mass is 10.1. The van der Waals surface area contributed by atoms with Crippen LogP contribution < -0.4 is 10.2 Å². The van der Waals surface area contributed by atoms with Crippen LogP contribution in [0.4, 0.5) is 11.4 Å². The van der Waals surface area contributed by atoms with Crippen LogP contribution in [0.1, 0.15) is 12.8 Å². The number of fused-ring (bicyclic) bond motifs is 1. The maximum Gasteiger partial charge on any atom is 0.232 e. The minimum atomic E-state index is -0.170. The summed E-state index contributed by atoms with van der Waals surface area (Å²) in [5.41, 5.74) is 1.59. The van der Waals surface area contributed by atoms with E-state index in [1.54, 1.807) is 0 Å². The Morgan fingerprint density at radius 1 is 1.44 bits per heavy atom. The van der Waals surface area contributed by atoms with Gasteiger partial charge in [-0.15, -0.1) is 0 Å². The molecule has 0 aromatic heterocycles. The number of rotatable bonds is 0. The highest BCUT2D eigenvalue weighted by Gasteiger charge is 2.52. The molecule has 1 aliphatic carbocycles. The molecular weight excluding hydrogens is 224 g/mol. The molecular formula is C12H13ClN2O. The molecule has 1 aromatic carbocycles. The van der Waals surface area contributed by atoms with Gasteiger partial charge in [-0.25, -0.2) is 0 Å². The third kappa shape index (κ3) is 1.31. The van der Waals surface area contributed by atoms with Crippen LogP contribution in [0.25, 0.3) is 0 Å². The van der Waals surface area contributed by atoms with Crippen LogP contribution in [-0.2, 0) is 4.79 Å². The molecule has 84 valence electrons. The van der Waals surface area contributed by atoms with Crippen molar-refractivity contribution in [3.8, 4) is 0 Å². The molecule has 2 aliphatic rings. The van der Waals surface area contributed by atoms with E-state index < -0.39 is 0 Å². The lowest BCUT2D eigenvalue weighted by Gasteiger charge is -2.22. The van der Waals surface area contributed by atoms with Crippen LogP contribution in [0.5, 0.6) is 0 Å². The summed E-state index contributed by atoms with van der Waals surface area (Å²) in [4.78, 5) is 14.1. The second-order valence-corrected chi connectivity index (χ2v) is 5.13. The Kier molecular flexibility index (Phi) is 1.96. The van der Waals surface area contributed by atoms with Gasteiger partial charge in [0, 0.05) is 13.6 Å². The standard InChI is InChI=1S/C12H13ClN2O/c1-15-7-12(5-6-12)11(16)14-9-4-2-3-8(13)10(9)15/h2-4H,5-7H2,1H3,(H,14,16). The van der Waals surface area contributed by atoms with Crippen molar-refractivity contribution in [1.82, 2.24) is 0 Å². The molecule has 1 N–H and O–H groups in total. The minimum Gasteiger partial charge on any atom is -0.371 e. The number of para-hydroxylation sites is 1. The molecule has 16 heavy (non-hydrogen) atoms. The smallest absolute Gasteiger partial charge is 0.232 e. The fourth-order valence-corrected chi connectivity index (χ4v) is 2.72. The fourth-order valence-electron chi connectivity index (χ4n) is 2.40. The molecule has 1 aliphatic heterocycles. The van der Waals surface area contributed by atoms with Crippen LogP contribution in [0, 0.1) is 5.41 Å². The number of amides is 1. The van der Waals surface area contributed by atoms with E-state index in [-0.39, 0.29) is 11.3 Å². The zero-order chi connectivity index (χ0) is 11.3. The molecule has 3 rings (SSSR count). The predicted molar refractivity (Wildman–Crippen MR) is 65.0 cm³/mol. The number of hydrogen-bond acceptors (Lipinski definition) is 2. The number of benzene rings is 1. The van der Waals surface area contributed by atoms with Gasteiger partial charge in [0.1, 0.15) is 0 Å². The van der Waals surface area contributed by atoms with E-state index in [9.17, 15) is 4.79 Å². The van der Waals surface area contributed by atoms with Crippen LogP contribution in [0.2, 0.25) is 5.02 Å². The van der Waals surface area contributed by atoms with Gasteiger partial charge < -0.3 is 10.2 Å². The number of nitrogens with zero attached hydrogens (tertiary/aromatic N) is 1. The highest BCUT2D eigenvalue weighted by atomic mass is 35.5. The van der Waals surface area contributed by atoms with Gasteiger partial charge in [-0.3, -0.25) is 4.79 Å². The quantitative estimate of drug-likeness (QED) is 0.751. The van der Waals surface area contributed by atoms with Gasteiger partial charge in [-0.1, -0.05) is 17.7 Å². The molecule has 0 saturated heterocycles. The summed E-state index contributed by atoms with van der Waals surface area (Å²) >= 11 is 6.18. The molecule has 1 spiro atoms. The summed E-state index contributed by atoms with van der Waals surface area (Å²) in [6.45, 7) is 0.759. The second-order valence-electron chi connectivity index (χ2n) is 4.73. The summed E-state index contributed by atoms with van der Waals surface area (Å²) in [6.07, 6.45) is 1.96. The summed E-state index contributed by atoms with van der Waals surface area (Å²) in [5, 5.41) is 3.67. The average Bonchev–Trinajstić information content (AvgIpc) is 2.98. The highest BCUT2D eigenvalue weighted by molar-refractivity contribution is 6.34. The number of nitrogens with one attached hydrogen (secondary N) is 1. The van der Waals surface area contributed by atoms with Gasteiger partial charge in [0.05, 0.1) is 21.8 Å². The highest BCUT2D eigenvalue weighted by Crippen LogP contribution is 2.50. The number of carbonyl (C=O) groups excluding carboxylic acids is 1. The van der Waals surface area contributed by atoms with Crippen molar-refractivity contribution in [2.24, 2.45) is 5.41 Å². The summed E-state index contributed by atoms with van der Waals surface area (Å²) in [6, 6.07) is 5.62. The van der Waals surface area contributed by atoms with Crippen LogP contribution >= 0.6 is 11.6 Å². The molecule has 1 saturated carbocycles. The number of carbonyl (C=O) groups is 1. The Morgan fingerprint density at radius 3 is 2.88 bits per heavy atom.